The van der Waals surface area contributed by atoms with Crippen LogP contribution >= 0.6 is 0 Å². The average molecular weight is 374 g/mol. The second-order valence-corrected chi connectivity index (χ2v) is 7.42. The number of guanidine groups is 1. The third-order valence-corrected chi connectivity index (χ3v) is 5.65. The van der Waals surface area contributed by atoms with Gasteiger partial charge in [0.15, 0.2) is 5.96 Å². The van der Waals surface area contributed by atoms with E-state index in [9.17, 15) is 0 Å². The number of nitrogens with one attached hydrogen (secondary N) is 1. The molecule has 6 heteroatoms. The molecule has 2 fully saturated rings. The van der Waals surface area contributed by atoms with Crippen LogP contribution in [0.25, 0.3) is 0 Å². The van der Waals surface area contributed by atoms with Crippen LogP contribution in [0.5, 0.6) is 5.75 Å². The van der Waals surface area contributed by atoms with E-state index in [0.29, 0.717) is 5.92 Å². The maximum absolute atomic E-state index is 5.36. The molecule has 3 rings (SSSR count). The highest BCUT2D eigenvalue weighted by atomic mass is 16.5. The van der Waals surface area contributed by atoms with Gasteiger partial charge in [-0.1, -0.05) is 13.0 Å². The van der Waals surface area contributed by atoms with Crippen molar-refractivity contribution in [3.8, 4) is 5.75 Å². The number of aliphatic imine (C=N–C) groups is 1. The number of piperazine rings is 1. The molecule has 1 N–H and O–H groups in total. The normalized spacial score (nSPS) is 21.6. The molecular weight excluding hydrogens is 338 g/mol. The molecule has 150 valence electrons. The zero-order valence-corrected chi connectivity index (χ0v) is 17.2. The molecule has 1 atom stereocenters. The van der Waals surface area contributed by atoms with Gasteiger partial charge in [0.1, 0.15) is 5.75 Å². The lowest BCUT2D eigenvalue weighted by atomic mass is 10.1. The van der Waals surface area contributed by atoms with E-state index in [1.165, 1.54) is 25.2 Å². The third kappa shape index (κ3) is 5.28. The number of hydrogen-bond donors (Lipinski definition) is 1. The quantitative estimate of drug-likeness (QED) is 0.611. The van der Waals surface area contributed by atoms with E-state index in [0.717, 1.165) is 57.5 Å². The molecule has 0 bridgehead atoms. The summed E-state index contributed by atoms with van der Waals surface area (Å²) in [4.78, 5) is 12.3. The van der Waals surface area contributed by atoms with Crippen LogP contribution in [-0.2, 0) is 0 Å². The minimum Gasteiger partial charge on any atom is -0.497 e. The van der Waals surface area contributed by atoms with Gasteiger partial charge in [0.25, 0.3) is 0 Å². The molecule has 0 amide bonds. The minimum absolute atomic E-state index is 0.705. The van der Waals surface area contributed by atoms with Crippen LogP contribution in [-0.4, -0.2) is 81.8 Å². The van der Waals surface area contributed by atoms with Crippen molar-refractivity contribution in [3.63, 3.8) is 0 Å². The predicted octanol–water partition coefficient (Wildman–Crippen LogP) is 2.12. The van der Waals surface area contributed by atoms with Crippen molar-refractivity contribution in [2.24, 2.45) is 10.9 Å². The Morgan fingerprint density at radius 3 is 2.67 bits per heavy atom. The molecule has 2 aliphatic rings. The predicted molar refractivity (Wildman–Crippen MR) is 113 cm³/mol. The highest BCUT2D eigenvalue weighted by Crippen LogP contribution is 2.22. The van der Waals surface area contributed by atoms with E-state index < -0.39 is 0 Å². The van der Waals surface area contributed by atoms with E-state index in [2.05, 4.69) is 52.1 Å². The van der Waals surface area contributed by atoms with Gasteiger partial charge in [0, 0.05) is 57.6 Å². The molecule has 27 heavy (non-hydrogen) atoms. The van der Waals surface area contributed by atoms with Gasteiger partial charge in [-0.15, -0.1) is 0 Å². The molecule has 0 aliphatic carbocycles. The lowest BCUT2D eigenvalue weighted by Gasteiger charge is -2.38. The highest BCUT2D eigenvalue weighted by Gasteiger charge is 2.23. The van der Waals surface area contributed by atoms with Crippen LogP contribution in [0.4, 0.5) is 5.69 Å². The number of nitrogens with zero attached hydrogens (tertiary/aromatic N) is 4. The van der Waals surface area contributed by atoms with Gasteiger partial charge in [0.05, 0.1) is 7.11 Å². The van der Waals surface area contributed by atoms with Gasteiger partial charge in [0.2, 0.25) is 0 Å². The molecule has 1 aromatic rings. The Bertz CT molecular complexity index is 612. The number of rotatable bonds is 6. The van der Waals surface area contributed by atoms with Crippen molar-refractivity contribution in [2.75, 3.05) is 70.9 Å². The Labute approximate surface area is 164 Å². The molecule has 2 heterocycles. The Balaban J connectivity index is 1.55. The summed E-state index contributed by atoms with van der Waals surface area (Å²) in [6.07, 6.45) is 1.28. The van der Waals surface area contributed by atoms with Crippen LogP contribution in [0, 0.1) is 5.92 Å². The second-order valence-electron chi connectivity index (χ2n) is 7.42. The van der Waals surface area contributed by atoms with Gasteiger partial charge < -0.3 is 24.8 Å². The maximum atomic E-state index is 5.36. The second kappa shape index (κ2) is 9.83. The molecule has 2 saturated heterocycles. The standard InChI is InChI=1S/C21H35N5O/c1-4-22-21(23-16-18-9-10-24(5-2)17-18)26-13-11-25(12-14-26)19-7-6-8-20(15-19)27-3/h6-8,15,18H,4-5,9-14,16-17H2,1-3H3,(H,22,23). The lowest BCUT2D eigenvalue weighted by molar-refractivity contribution is 0.342. The monoisotopic (exact) mass is 373 g/mol. The minimum atomic E-state index is 0.705. The number of hydrogen-bond acceptors (Lipinski definition) is 4. The number of benzene rings is 1. The Kier molecular flexibility index (Phi) is 7.21. The molecule has 1 unspecified atom stereocenters. The molecule has 2 aliphatic heterocycles. The van der Waals surface area contributed by atoms with Gasteiger partial charge in [-0.05, 0) is 44.5 Å². The fourth-order valence-corrected chi connectivity index (χ4v) is 3.97. The maximum Gasteiger partial charge on any atom is 0.194 e. The molecule has 1 aromatic carbocycles. The fourth-order valence-electron chi connectivity index (χ4n) is 3.97. The van der Waals surface area contributed by atoms with Crippen molar-refractivity contribution >= 4 is 11.6 Å². The Morgan fingerprint density at radius 2 is 2.00 bits per heavy atom. The molecule has 0 aromatic heterocycles. The van der Waals surface area contributed by atoms with E-state index >= 15 is 0 Å². The molecule has 6 nitrogen and oxygen atoms in total. The summed E-state index contributed by atoms with van der Waals surface area (Å²) in [5, 5.41) is 3.50. The smallest absolute Gasteiger partial charge is 0.194 e. The molecule has 0 radical (unpaired) electrons. The topological polar surface area (TPSA) is 43.3 Å². The summed E-state index contributed by atoms with van der Waals surface area (Å²) >= 11 is 0. The zero-order chi connectivity index (χ0) is 19.1. The van der Waals surface area contributed by atoms with Crippen molar-refractivity contribution in [1.82, 2.24) is 15.1 Å². The van der Waals surface area contributed by atoms with Crippen molar-refractivity contribution in [2.45, 2.75) is 20.3 Å². The van der Waals surface area contributed by atoms with Crippen molar-refractivity contribution < 1.29 is 4.74 Å². The first-order chi connectivity index (χ1) is 13.2. The summed E-state index contributed by atoms with van der Waals surface area (Å²) in [5.74, 6) is 2.71. The highest BCUT2D eigenvalue weighted by molar-refractivity contribution is 5.80. The number of methoxy groups -OCH3 is 1. The third-order valence-electron chi connectivity index (χ3n) is 5.65. The van der Waals surface area contributed by atoms with Crippen LogP contribution in [0.1, 0.15) is 20.3 Å². The first kappa shape index (κ1) is 19.8. The van der Waals surface area contributed by atoms with Crippen LogP contribution in [0.3, 0.4) is 0 Å². The molecular formula is C21H35N5O. The number of anilines is 1. The van der Waals surface area contributed by atoms with Crippen molar-refractivity contribution in [1.29, 1.82) is 0 Å². The fraction of sp³-hybridized carbons (Fsp3) is 0.667. The van der Waals surface area contributed by atoms with Crippen molar-refractivity contribution in [3.05, 3.63) is 24.3 Å². The summed E-state index contributed by atoms with van der Waals surface area (Å²) in [7, 11) is 1.72. The molecule has 0 spiro atoms. The van der Waals surface area contributed by atoms with Crippen LogP contribution < -0.4 is 15.0 Å². The van der Waals surface area contributed by atoms with Crippen LogP contribution in [0.15, 0.2) is 29.3 Å². The average Bonchev–Trinajstić information content (AvgIpc) is 3.19. The number of likely N-dealkylation sites (tertiary alicyclic amines) is 1. The van der Waals surface area contributed by atoms with Gasteiger partial charge in [-0.3, -0.25) is 4.99 Å². The Morgan fingerprint density at radius 1 is 1.19 bits per heavy atom. The first-order valence-electron chi connectivity index (χ1n) is 10.4. The van der Waals surface area contributed by atoms with Crippen LogP contribution in [0.2, 0.25) is 0 Å². The van der Waals surface area contributed by atoms with Gasteiger partial charge >= 0.3 is 0 Å². The SMILES string of the molecule is CCNC(=NCC1CCN(CC)C1)N1CCN(c2cccc(OC)c2)CC1. The van der Waals surface area contributed by atoms with E-state index in [-0.39, 0.29) is 0 Å². The first-order valence-corrected chi connectivity index (χ1v) is 10.4. The van der Waals surface area contributed by atoms with Gasteiger partial charge in [-0.25, -0.2) is 0 Å². The van der Waals surface area contributed by atoms with E-state index in [1.54, 1.807) is 7.11 Å². The number of ether oxygens (including phenoxy) is 1. The largest absolute Gasteiger partial charge is 0.497 e. The summed E-state index contributed by atoms with van der Waals surface area (Å²) in [5.41, 5.74) is 1.24. The van der Waals surface area contributed by atoms with Gasteiger partial charge in [-0.2, -0.15) is 0 Å². The summed E-state index contributed by atoms with van der Waals surface area (Å²) < 4.78 is 5.36. The summed E-state index contributed by atoms with van der Waals surface area (Å²) in [6.45, 7) is 13.8. The summed E-state index contributed by atoms with van der Waals surface area (Å²) in [6, 6.07) is 8.34. The lowest BCUT2D eigenvalue weighted by Crippen LogP contribution is -2.52. The molecule has 0 saturated carbocycles. The van der Waals surface area contributed by atoms with E-state index in [4.69, 9.17) is 9.73 Å². The Hall–Kier alpha value is -1.95. The zero-order valence-electron chi connectivity index (χ0n) is 17.2. The van der Waals surface area contributed by atoms with E-state index in [1.807, 2.05) is 6.07 Å².